The maximum Gasteiger partial charge on any atom is 0.220 e. The van der Waals surface area contributed by atoms with Crippen molar-refractivity contribution in [3.05, 3.63) is 30.3 Å². The molecule has 2 heterocycles. The molecule has 0 saturated carbocycles. The van der Waals surface area contributed by atoms with E-state index in [0.29, 0.717) is 13.0 Å². The maximum absolute atomic E-state index is 12.2. The predicted molar refractivity (Wildman–Crippen MR) is 91.1 cm³/mol. The first-order valence-electron chi connectivity index (χ1n) is 8.95. The molecule has 0 bridgehead atoms. The molecule has 132 valence electrons. The fourth-order valence-electron chi connectivity index (χ4n) is 3.48. The number of carbonyl (C=O) groups excluding carboxylic acids is 1. The van der Waals surface area contributed by atoms with Gasteiger partial charge in [-0.2, -0.15) is 0 Å². The van der Waals surface area contributed by atoms with Gasteiger partial charge in [-0.25, -0.2) is 0 Å². The minimum Gasteiger partial charge on any atom is -0.494 e. The van der Waals surface area contributed by atoms with Crippen LogP contribution in [0.25, 0.3) is 0 Å². The Morgan fingerprint density at radius 1 is 1.21 bits per heavy atom. The van der Waals surface area contributed by atoms with Crippen molar-refractivity contribution in [1.82, 2.24) is 5.32 Å². The number of hydrogen-bond donors (Lipinski definition) is 1. The first-order chi connectivity index (χ1) is 11.8. The summed E-state index contributed by atoms with van der Waals surface area (Å²) in [5.74, 6) is 0.963. The van der Waals surface area contributed by atoms with Gasteiger partial charge in [0, 0.05) is 32.3 Å². The van der Waals surface area contributed by atoms with Gasteiger partial charge < -0.3 is 19.5 Å². The summed E-state index contributed by atoms with van der Waals surface area (Å²) in [7, 11) is 0. The van der Waals surface area contributed by atoms with Gasteiger partial charge in [-0.05, 0) is 44.2 Å². The molecule has 1 N–H and O–H groups in total. The van der Waals surface area contributed by atoms with Gasteiger partial charge in [0.05, 0.1) is 12.2 Å². The van der Waals surface area contributed by atoms with Crippen LogP contribution in [0.5, 0.6) is 5.75 Å². The molecule has 0 radical (unpaired) electrons. The highest BCUT2D eigenvalue weighted by Gasteiger charge is 2.39. The smallest absolute Gasteiger partial charge is 0.220 e. The Morgan fingerprint density at radius 2 is 2.00 bits per heavy atom. The van der Waals surface area contributed by atoms with Crippen LogP contribution < -0.4 is 10.1 Å². The number of nitrogens with one attached hydrogen (secondary N) is 1. The lowest BCUT2D eigenvalue weighted by Crippen LogP contribution is -2.51. The van der Waals surface area contributed by atoms with Gasteiger partial charge in [0.25, 0.3) is 0 Å². The van der Waals surface area contributed by atoms with Crippen molar-refractivity contribution in [3.63, 3.8) is 0 Å². The van der Waals surface area contributed by atoms with Crippen molar-refractivity contribution in [2.45, 2.75) is 50.2 Å². The highest BCUT2D eigenvalue weighted by molar-refractivity contribution is 5.76. The summed E-state index contributed by atoms with van der Waals surface area (Å²) in [6.07, 6.45) is 4.90. The predicted octanol–water partition coefficient (Wildman–Crippen LogP) is 2.69. The molecule has 3 rings (SSSR count). The van der Waals surface area contributed by atoms with E-state index in [4.69, 9.17) is 14.2 Å². The average molecular weight is 333 g/mol. The number of ether oxygens (including phenoxy) is 3. The molecule has 2 aliphatic rings. The van der Waals surface area contributed by atoms with Crippen LogP contribution in [-0.2, 0) is 14.3 Å². The highest BCUT2D eigenvalue weighted by atomic mass is 16.5. The molecule has 1 amide bonds. The summed E-state index contributed by atoms with van der Waals surface area (Å²) in [4.78, 5) is 12.2. The number of carbonyl (C=O) groups is 1. The zero-order chi connectivity index (χ0) is 16.7. The summed E-state index contributed by atoms with van der Waals surface area (Å²) in [6, 6.07) is 9.92. The maximum atomic E-state index is 12.2. The van der Waals surface area contributed by atoms with Gasteiger partial charge in [-0.3, -0.25) is 4.79 Å². The molecule has 1 aromatic carbocycles. The first-order valence-corrected chi connectivity index (χ1v) is 8.95. The van der Waals surface area contributed by atoms with Gasteiger partial charge in [0.1, 0.15) is 5.75 Å². The van der Waals surface area contributed by atoms with E-state index in [1.807, 2.05) is 30.3 Å². The second kappa shape index (κ2) is 8.49. The van der Waals surface area contributed by atoms with Crippen LogP contribution in [0.15, 0.2) is 30.3 Å². The third-order valence-electron chi connectivity index (χ3n) is 4.82. The molecule has 0 aliphatic carbocycles. The van der Waals surface area contributed by atoms with Crippen LogP contribution in [0.4, 0.5) is 0 Å². The Balaban J connectivity index is 1.35. The van der Waals surface area contributed by atoms with Crippen LogP contribution in [0.3, 0.4) is 0 Å². The van der Waals surface area contributed by atoms with Crippen LogP contribution in [-0.4, -0.2) is 44.0 Å². The van der Waals surface area contributed by atoms with Gasteiger partial charge in [-0.1, -0.05) is 18.2 Å². The first kappa shape index (κ1) is 17.2. The monoisotopic (exact) mass is 333 g/mol. The molecule has 1 aromatic rings. The molecule has 0 unspecified atom stereocenters. The van der Waals surface area contributed by atoms with Crippen LogP contribution in [0.2, 0.25) is 0 Å². The molecule has 0 aromatic heterocycles. The Morgan fingerprint density at radius 3 is 2.79 bits per heavy atom. The third-order valence-corrected chi connectivity index (χ3v) is 4.82. The van der Waals surface area contributed by atoms with E-state index in [1.165, 1.54) is 0 Å². The Kier molecular flexibility index (Phi) is 6.10. The van der Waals surface area contributed by atoms with Gasteiger partial charge in [-0.15, -0.1) is 0 Å². The molecule has 1 spiro atoms. The fraction of sp³-hybridized carbons (Fsp3) is 0.632. The normalized spacial score (nSPS) is 22.9. The van der Waals surface area contributed by atoms with Crippen LogP contribution in [0, 0.1) is 0 Å². The molecule has 5 nitrogen and oxygen atoms in total. The topological polar surface area (TPSA) is 56.8 Å². The second-order valence-electron chi connectivity index (χ2n) is 6.67. The van der Waals surface area contributed by atoms with Gasteiger partial charge in [0.15, 0.2) is 0 Å². The van der Waals surface area contributed by atoms with E-state index in [2.05, 4.69) is 5.32 Å². The number of rotatable bonds is 6. The third kappa shape index (κ3) is 4.95. The quantitative estimate of drug-likeness (QED) is 0.813. The van der Waals surface area contributed by atoms with Gasteiger partial charge >= 0.3 is 0 Å². The minimum absolute atomic E-state index is 0.0785. The van der Waals surface area contributed by atoms with E-state index >= 15 is 0 Å². The molecule has 24 heavy (non-hydrogen) atoms. The molecule has 2 saturated heterocycles. The number of amides is 1. The van der Waals surface area contributed by atoms with E-state index < -0.39 is 0 Å². The fourth-order valence-corrected chi connectivity index (χ4v) is 3.48. The molecule has 2 aliphatic heterocycles. The number of hydrogen-bond acceptors (Lipinski definition) is 4. The summed E-state index contributed by atoms with van der Waals surface area (Å²) in [5, 5.41) is 3.17. The van der Waals surface area contributed by atoms with E-state index in [1.54, 1.807) is 0 Å². The van der Waals surface area contributed by atoms with Crippen molar-refractivity contribution >= 4 is 5.91 Å². The SMILES string of the molecule is O=C(CCCOc1ccccc1)N[C@@H]1CCOC2(CCOCC2)C1. The Hall–Kier alpha value is -1.59. The molecule has 5 heteroatoms. The zero-order valence-electron chi connectivity index (χ0n) is 14.2. The summed E-state index contributed by atoms with van der Waals surface area (Å²) in [6.45, 7) is 2.81. The molecule has 1 atom stereocenters. The van der Waals surface area contributed by atoms with Crippen LogP contribution in [0.1, 0.15) is 38.5 Å². The van der Waals surface area contributed by atoms with E-state index in [-0.39, 0.29) is 17.6 Å². The van der Waals surface area contributed by atoms with Crippen molar-refractivity contribution in [2.24, 2.45) is 0 Å². The zero-order valence-corrected chi connectivity index (χ0v) is 14.2. The summed E-state index contributed by atoms with van der Waals surface area (Å²) >= 11 is 0. The minimum atomic E-state index is -0.0785. The average Bonchev–Trinajstić information content (AvgIpc) is 2.60. The molecule has 2 fully saturated rings. The van der Waals surface area contributed by atoms with Crippen molar-refractivity contribution in [3.8, 4) is 5.75 Å². The number of benzene rings is 1. The molecular weight excluding hydrogens is 306 g/mol. The van der Waals surface area contributed by atoms with Gasteiger partial charge in [0.2, 0.25) is 5.91 Å². The van der Waals surface area contributed by atoms with Crippen molar-refractivity contribution < 1.29 is 19.0 Å². The lowest BCUT2D eigenvalue weighted by atomic mass is 9.84. The summed E-state index contributed by atoms with van der Waals surface area (Å²) in [5.41, 5.74) is -0.0785. The van der Waals surface area contributed by atoms with Crippen molar-refractivity contribution in [1.29, 1.82) is 0 Å². The number of para-hydroxylation sites is 1. The second-order valence-corrected chi connectivity index (χ2v) is 6.67. The lowest BCUT2D eigenvalue weighted by Gasteiger charge is -2.43. The summed E-state index contributed by atoms with van der Waals surface area (Å²) < 4.78 is 17.1. The van der Waals surface area contributed by atoms with Crippen molar-refractivity contribution in [2.75, 3.05) is 26.4 Å². The lowest BCUT2D eigenvalue weighted by molar-refractivity contribution is -0.144. The highest BCUT2D eigenvalue weighted by Crippen LogP contribution is 2.34. The van der Waals surface area contributed by atoms with Crippen LogP contribution >= 0.6 is 0 Å². The van der Waals surface area contributed by atoms with E-state index in [9.17, 15) is 4.79 Å². The largest absolute Gasteiger partial charge is 0.494 e. The standard InChI is InChI=1S/C19H27NO4/c21-18(7-4-11-23-17-5-2-1-3-6-17)20-16-8-12-24-19(15-16)9-13-22-14-10-19/h1-3,5-6,16H,4,7-15H2,(H,20,21)/t16-/m1/s1. The Bertz CT molecular complexity index is 508. The van der Waals surface area contributed by atoms with E-state index in [0.717, 1.165) is 57.7 Å². The molecular formula is C19H27NO4. The Labute approximate surface area is 143 Å².